The lowest BCUT2D eigenvalue weighted by atomic mass is 10.1. The molecule has 1 aromatic carbocycles. The molecule has 0 radical (unpaired) electrons. The molecule has 0 unspecified atom stereocenters. The van der Waals surface area contributed by atoms with Crippen LogP contribution in [0.4, 0.5) is 5.69 Å². The third-order valence-electron chi connectivity index (χ3n) is 4.43. The minimum atomic E-state index is -0.416. The van der Waals surface area contributed by atoms with Gasteiger partial charge in [-0.2, -0.15) is 0 Å². The maximum Gasteiger partial charge on any atom is 0.255 e. The van der Waals surface area contributed by atoms with E-state index >= 15 is 0 Å². The summed E-state index contributed by atoms with van der Waals surface area (Å²) in [5.41, 5.74) is 1.32. The molecule has 8 heteroatoms. The normalized spacial score (nSPS) is 11.1. The Bertz CT molecular complexity index is 1160. The number of carbonyl (C=O) groups excluding carboxylic acids is 2. The van der Waals surface area contributed by atoms with Crippen LogP contribution in [0.2, 0.25) is 0 Å². The summed E-state index contributed by atoms with van der Waals surface area (Å²) in [6, 6.07) is 10.3. The second kappa shape index (κ2) is 8.91. The van der Waals surface area contributed by atoms with Gasteiger partial charge in [0, 0.05) is 34.8 Å². The van der Waals surface area contributed by atoms with Crippen LogP contribution in [0, 0.1) is 6.92 Å². The molecule has 2 amide bonds. The van der Waals surface area contributed by atoms with Gasteiger partial charge in [-0.15, -0.1) is 0 Å². The number of aromatic amines is 1. The second-order valence-electron chi connectivity index (χ2n) is 8.19. The summed E-state index contributed by atoms with van der Waals surface area (Å²) in [5.74, 6) is -0.315. The number of nitrogens with zero attached hydrogens (tertiary/aromatic N) is 2. The summed E-state index contributed by atoms with van der Waals surface area (Å²) in [4.78, 5) is 49.0. The van der Waals surface area contributed by atoms with Crippen molar-refractivity contribution < 1.29 is 9.59 Å². The highest BCUT2D eigenvalue weighted by Crippen LogP contribution is 2.17. The molecule has 2 aromatic heterocycles. The molecule has 8 nitrogen and oxygen atoms in total. The fourth-order valence-corrected chi connectivity index (χ4v) is 3.01. The number of benzene rings is 1. The van der Waals surface area contributed by atoms with Crippen LogP contribution in [0.5, 0.6) is 0 Å². The van der Waals surface area contributed by atoms with Crippen molar-refractivity contribution in [2.45, 2.75) is 39.7 Å². The minimum absolute atomic E-state index is 0.170. The van der Waals surface area contributed by atoms with Gasteiger partial charge in [-0.25, -0.2) is 4.98 Å². The van der Waals surface area contributed by atoms with Crippen molar-refractivity contribution in [1.29, 1.82) is 0 Å². The number of aryl methyl sites for hydroxylation is 1. The number of hydrogen-bond donors (Lipinski definition) is 3. The summed E-state index contributed by atoms with van der Waals surface area (Å²) in [7, 11) is 0. The predicted octanol–water partition coefficient (Wildman–Crippen LogP) is 2.85. The Morgan fingerprint density at radius 2 is 1.84 bits per heavy atom. The quantitative estimate of drug-likeness (QED) is 0.588. The van der Waals surface area contributed by atoms with Gasteiger partial charge in [-0.1, -0.05) is 12.1 Å². The SMILES string of the molecule is Cc1nc(-c2cccnc2)[nH]c(=O)c1CC(=O)Nc1ccccc1C(=O)NC(C)(C)C. The molecule has 31 heavy (non-hydrogen) atoms. The number of pyridine rings is 1. The van der Waals surface area contributed by atoms with Crippen LogP contribution in [0.15, 0.2) is 53.6 Å². The lowest BCUT2D eigenvalue weighted by molar-refractivity contribution is -0.115. The van der Waals surface area contributed by atoms with Crippen molar-refractivity contribution in [2.24, 2.45) is 0 Å². The molecule has 0 atom stereocenters. The summed E-state index contributed by atoms with van der Waals surface area (Å²) < 4.78 is 0. The van der Waals surface area contributed by atoms with Gasteiger partial charge in [0.2, 0.25) is 5.91 Å². The van der Waals surface area contributed by atoms with Crippen molar-refractivity contribution in [1.82, 2.24) is 20.3 Å². The van der Waals surface area contributed by atoms with Gasteiger partial charge in [0.15, 0.2) is 0 Å². The van der Waals surface area contributed by atoms with Crippen LogP contribution < -0.4 is 16.2 Å². The average Bonchev–Trinajstić information content (AvgIpc) is 2.70. The number of amides is 2. The molecular formula is C23H25N5O3. The van der Waals surface area contributed by atoms with Gasteiger partial charge in [0.25, 0.3) is 11.5 Å². The molecular weight excluding hydrogens is 394 g/mol. The maximum atomic E-state index is 12.7. The standard InChI is InChI=1S/C23H25N5O3/c1-14-17(21(30)27-20(25-14)15-8-7-11-24-13-15)12-19(29)26-18-10-6-5-9-16(18)22(31)28-23(2,3)4/h5-11,13H,12H2,1-4H3,(H,26,29)(H,28,31)(H,25,27,30). The maximum absolute atomic E-state index is 12.7. The largest absolute Gasteiger partial charge is 0.347 e. The monoisotopic (exact) mass is 419 g/mol. The first-order valence-corrected chi connectivity index (χ1v) is 9.85. The third kappa shape index (κ3) is 5.63. The van der Waals surface area contributed by atoms with Crippen molar-refractivity contribution in [3.63, 3.8) is 0 Å². The van der Waals surface area contributed by atoms with E-state index in [4.69, 9.17) is 0 Å². The van der Waals surface area contributed by atoms with E-state index in [9.17, 15) is 14.4 Å². The number of rotatable bonds is 5. The third-order valence-corrected chi connectivity index (χ3v) is 4.43. The first-order chi connectivity index (χ1) is 14.6. The van der Waals surface area contributed by atoms with Crippen LogP contribution in [0.25, 0.3) is 11.4 Å². The van der Waals surface area contributed by atoms with E-state index < -0.39 is 11.4 Å². The molecule has 0 bridgehead atoms. The summed E-state index contributed by atoms with van der Waals surface area (Å²) in [6.45, 7) is 7.32. The fraction of sp³-hybridized carbons (Fsp3) is 0.261. The van der Waals surface area contributed by atoms with Crippen LogP contribution in [0.1, 0.15) is 42.4 Å². The van der Waals surface area contributed by atoms with E-state index in [1.54, 1.807) is 55.7 Å². The molecule has 3 rings (SSSR count). The van der Waals surface area contributed by atoms with Crippen molar-refractivity contribution >= 4 is 17.5 Å². The number of nitrogens with one attached hydrogen (secondary N) is 3. The first-order valence-electron chi connectivity index (χ1n) is 9.85. The molecule has 0 saturated heterocycles. The zero-order valence-corrected chi connectivity index (χ0v) is 17.9. The Labute approximate surface area is 180 Å². The van der Waals surface area contributed by atoms with Crippen LogP contribution in [-0.4, -0.2) is 32.3 Å². The fourth-order valence-electron chi connectivity index (χ4n) is 3.01. The number of aromatic nitrogens is 3. The molecule has 160 valence electrons. The molecule has 3 N–H and O–H groups in total. The average molecular weight is 419 g/mol. The number of carbonyl (C=O) groups is 2. The number of anilines is 1. The lowest BCUT2D eigenvalue weighted by Crippen LogP contribution is -2.40. The topological polar surface area (TPSA) is 117 Å². The molecule has 0 aliphatic rings. The van der Waals surface area contributed by atoms with E-state index in [-0.39, 0.29) is 23.5 Å². The summed E-state index contributed by atoms with van der Waals surface area (Å²) >= 11 is 0. The molecule has 0 saturated carbocycles. The summed E-state index contributed by atoms with van der Waals surface area (Å²) in [5, 5.41) is 5.61. The Kier molecular flexibility index (Phi) is 6.29. The van der Waals surface area contributed by atoms with Crippen LogP contribution in [0.3, 0.4) is 0 Å². The Hall–Kier alpha value is -3.81. The molecule has 3 aromatic rings. The van der Waals surface area contributed by atoms with Crippen LogP contribution in [-0.2, 0) is 11.2 Å². The highest BCUT2D eigenvalue weighted by Gasteiger charge is 2.19. The molecule has 2 heterocycles. The highest BCUT2D eigenvalue weighted by molar-refractivity contribution is 6.04. The zero-order chi connectivity index (χ0) is 22.6. The Balaban J connectivity index is 1.79. The first kappa shape index (κ1) is 21.9. The second-order valence-corrected chi connectivity index (χ2v) is 8.19. The predicted molar refractivity (Wildman–Crippen MR) is 119 cm³/mol. The molecule has 0 spiro atoms. The Morgan fingerprint density at radius 1 is 1.10 bits per heavy atom. The van der Waals surface area contributed by atoms with E-state index in [2.05, 4.69) is 25.6 Å². The van der Waals surface area contributed by atoms with Gasteiger partial charge in [0.05, 0.1) is 17.7 Å². The highest BCUT2D eigenvalue weighted by atomic mass is 16.2. The van der Waals surface area contributed by atoms with Gasteiger partial charge in [-0.3, -0.25) is 19.4 Å². The lowest BCUT2D eigenvalue weighted by Gasteiger charge is -2.21. The molecule has 0 fully saturated rings. The molecule has 0 aliphatic carbocycles. The van der Waals surface area contributed by atoms with Crippen molar-refractivity contribution in [3.8, 4) is 11.4 Å². The van der Waals surface area contributed by atoms with Gasteiger partial charge < -0.3 is 15.6 Å². The van der Waals surface area contributed by atoms with Gasteiger partial charge >= 0.3 is 0 Å². The minimum Gasteiger partial charge on any atom is -0.347 e. The van der Waals surface area contributed by atoms with Crippen molar-refractivity contribution in [3.05, 3.63) is 76.0 Å². The van der Waals surface area contributed by atoms with Gasteiger partial charge in [0.1, 0.15) is 5.82 Å². The van der Waals surface area contributed by atoms with E-state index in [0.717, 1.165) is 0 Å². The van der Waals surface area contributed by atoms with Crippen molar-refractivity contribution in [2.75, 3.05) is 5.32 Å². The van der Waals surface area contributed by atoms with Crippen LogP contribution >= 0.6 is 0 Å². The van der Waals surface area contributed by atoms with E-state index in [0.29, 0.717) is 28.3 Å². The van der Waals surface area contributed by atoms with Gasteiger partial charge in [-0.05, 0) is 52.0 Å². The summed E-state index contributed by atoms with van der Waals surface area (Å²) in [6.07, 6.45) is 3.06. The zero-order valence-electron chi connectivity index (χ0n) is 17.9. The number of hydrogen-bond acceptors (Lipinski definition) is 5. The smallest absolute Gasteiger partial charge is 0.255 e. The number of para-hydroxylation sites is 1. The Morgan fingerprint density at radius 3 is 2.48 bits per heavy atom. The molecule has 0 aliphatic heterocycles. The van der Waals surface area contributed by atoms with E-state index in [1.165, 1.54) is 0 Å². The number of H-pyrrole nitrogens is 1. The van der Waals surface area contributed by atoms with E-state index in [1.807, 2.05) is 20.8 Å².